The average molecular weight is 355 g/mol. The number of nitrogens with one attached hydrogen (secondary N) is 1. The standard InChI is InChI=1S/C17H23ClN2O4/c1-11(15(24-2)13-5-3-4-6-14(13)18)19-17(23)20-9-7-12(8-10-20)16(21)22/h3-6,11-12,15H,7-10H2,1-2H3,(H,19,23)(H,21,22). The van der Waals surface area contributed by atoms with Crippen LogP contribution in [0.3, 0.4) is 0 Å². The van der Waals surface area contributed by atoms with Gasteiger partial charge in [0.2, 0.25) is 0 Å². The van der Waals surface area contributed by atoms with E-state index >= 15 is 0 Å². The molecule has 0 aromatic heterocycles. The number of methoxy groups -OCH3 is 1. The molecule has 1 aliphatic rings. The zero-order valence-corrected chi connectivity index (χ0v) is 14.6. The van der Waals surface area contributed by atoms with Crippen LogP contribution in [0.2, 0.25) is 5.02 Å². The Morgan fingerprint density at radius 1 is 1.33 bits per heavy atom. The van der Waals surface area contributed by atoms with Gasteiger partial charge in [0.15, 0.2) is 0 Å². The van der Waals surface area contributed by atoms with Crippen molar-refractivity contribution in [2.24, 2.45) is 5.92 Å². The van der Waals surface area contributed by atoms with E-state index in [1.54, 1.807) is 18.1 Å². The largest absolute Gasteiger partial charge is 0.481 e. The molecule has 1 fully saturated rings. The molecule has 132 valence electrons. The predicted octanol–water partition coefficient (Wildman–Crippen LogP) is 2.92. The van der Waals surface area contributed by atoms with Gasteiger partial charge in [0, 0.05) is 30.8 Å². The number of carboxylic acid groups (broad SMARTS) is 1. The van der Waals surface area contributed by atoms with Gasteiger partial charge in [-0.25, -0.2) is 4.79 Å². The molecule has 1 saturated heterocycles. The molecule has 1 aromatic carbocycles. The molecule has 6 nitrogen and oxygen atoms in total. The van der Waals surface area contributed by atoms with E-state index < -0.39 is 5.97 Å². The summed E-state index contributed by atoms with van der Waals surface area (Å²) in [7, 11) is 1.58. The Balaban J connectivity index is 1.95. The molecule has 1 aliphatic heterocycles. The lowest BCUT2D eigenvalue weighted by Crippen LogP contribution is -2.49. The van der Waals surface area contributed by atoms with E-state index in [-0.39, 0.29) is 24.1 Å². The maximum absolute atomic E-state index is 12.4. The highest BCUT2D eigenvalue weighted by molar-refractivity contribution is 6.31. The fourth-order valence-electron chi connectivity index (χ4n) is 3.00. The molecule has 2 atom stereocenters. The Kier molecular flexibility index (Phi) is 6.45. The van der Waals surface area contributed by atoms with Gasteiger partial charge >= 0.3 is 12.0 Å². The topological polar surface area (TPSA) is 78.9 Å². The van der Waals surface area contributed by atoms with Gasteiger partial charge < -0.3 is 20.1 Å². The first-order valence-corrected chi connectivity index (χ1v) is 8.37. The highest BCUT2D eigenvalue weighted by Crippen LogP contribution is 2.28. The van der Waals surface area contributed by atoms with E-state index in [1.165, 1.54) is 0 Å². The molecule has 0 bridgehead atoms. The normalized spacial score (nSPS) is 18.0. The Morgan fingerprint density at radius 2 is 1.96 bits per heavy atom. The predicted molar refractivity (Wildman–Crippen MR) is 91.1 cm³/mol. The number of hydrogen-bond acceptors (Lipinski definition) is 3. The van der Waals surface area contributed by atoms with Gasteiger partial charge in [-0.1, -0.05) is 29.8 Å². The monoisotopic (exact) mass is 354 g/mol. The van der Waals surface area contributed by atoms with E-state index in [4.69, 9.17) is 21.4 Å². The molecule has 0 saturated carbocycles. The first kappa shape index (κ1) is 18.5. The van der Waals surface area contributed by atoms with Crippen LogP contribution in [0.5, 0.6) is 0 Å². The zero-order valence-electron chi connectivity index (χ0n) is 13.9. The molecule has 1 aromatic rings. The van der Waals surface area contributed by atoms with E-state index in [0.717, 1.165) is 5.56 Å². The molecule has 1 heterocycles. The second-order valence-corrected chi connectivity index (χ2v) is 6.42. The molecule has 0 radical (unpaired) electrons. The van der Waals surface area contributed by atoms with Crippen molar-refractivity contribution in [1.82, 2.24) is 10.2 Å². The van der Waals surface area contributed by atoms with Gasteiger partial charge in [-0.15, -0.1) is 0 Å². The summed E-state index contributed by atoms with van der Waals surface area (Å²) in [6.07, 6.45) is 0.601. The zero-order chi connectivity index (χ0) is 17.7. The highest BCUT2D eigenvalue weighted by atomic mass is 35.5. The third-order valence-electron chi connectivity index (χ3n) is 4.40. The van der Waals surface area contributed by atoms with Crippen LogP contribution in [0.4, 0.5) is 4.79 Å². The minimum absolute atomic E-state index is 0.208. The number of carbonyl (C=O) groups is 2. The summed E-state index contributed by atoms with van der Waals surface area (Å²) < 4.78 is 5.52. The third-order valence-corrected chi connectivity index (χ3v) is 4.75. The third kappa shape index (κ3) is 4.39. The Labute approximate surface area is 146 Å². The van der Waals surface area contributed by atoms with Crippen molar-refractivity contribution in [1.29, 1.82) is 0 Å². The van der Waals surface area contributed by atoms with E-state index in [1.807, 2.05) is 25.1 Å². The van der Waals surface area contributed by atoms with Crippen molar-refractivity contribution in [3.05, 3.63) is 34.9 Å². The molecule has 0 aliphatic carbocycles. The van der Waals surface area contributed by atoms with Gasteiger partial charge in [-0.3, -0.25) is 4.79 Å². The fourth-order valence-corrected chi connectivity index (χ4v) is 3.24. The van der Waals surface area contributed by atoms with Crippen LogP contribution < -0.4 is 5.32 Å². The van der Waals surface area contributed by atoms with Crippen molar-refractivity contribution in [3.63, 3.8) is 0 Å². The number of rotatable bonds is 5. The lowest BCUT2D eigenvalue weighted by Gasteiger charge is -2.32. The molecular weight excluding hydrogens is 332 g/mol. The van der Waals surface area contributed by atoms with Crippen LogP contribution in [0.25, 0.3) is 0 Å². The fraction of sp³-hybridized carbons (Fsp3) is 0.529. The molecule has 2 unspecified atom stereocenters. The van der Waals surface area contributed by atoms with Gasteiger partial charge in [-0.05, 0) is 25.8 Å². The van der Waals surface area contributed by atoms with Gasteiger partial charge in [0.05, 0.1) is 12.0 Å². The number of nitrogens with zero attached hydrogens (tertiary/aromatic N) is 1. The Bertz CT molecular complexity index is 588. The van der Waals surface area contributed by atoms with Crippen molar-refractivity contribution in [2.45, 2.75) is 31.9 Å². The molecule has 24 heavy (non-hydrogen) atoms. The van der Waals surface area contributed by atoms with Crippen LogP contribution in [0.1, 0.15) is 31.4 Å². The summed E-state index contributed by atoms with van der Waals surface area (Å²) in [5.41, 5.74) is 0.819. The number of hydrogen-bond donors (Lipinski definition) is 2. The molecule has 2 amide bonds. The second-order valence-electron chi connectivity index (χ2n) is 6.02. The summed E-state index contributed by atoms with van der Waals surface area (Å²) >= 11 is 6.21. The number of benzene rings is 1. The number of ether oxygens (including phenoxy) is 1. The summed E-state index contributed by atoms with van der Waals surface area (Å²) in [4.78, 5) is 25.0. The summed E-state index contributed by atoms with van der Waals surface area (Å²) in [6, 6.07) is 6.89. The van der Waals surface area contributed by atoms with E-state index in [2.05, 4.69) is 5.32 Å². The van der Waals surface area contributed by atoms with Gasteiger partial charge in [0.1, 0.15) is 6.10 Å². The maximum Gasteiger partial charge on any atom is 0.317 e. The number of likely N-dealkylation sites (tertiary alicyclic amines) is 1. The highest BCUT2D eigenvalue weighted by Gasteiger charge is 2.29. The Hall–Kier alpha value is -1.79. The number of aliphatic carboxylic acids is 1. The smallest absolute Gasteiger partial charge is 0.317 e. The first-order valence-electron chi connectivity index (χ1n) is 7.99. The van der Waals surface area contributed by atoms with E-state index in [0.29, 0.717) is 31.0 Å². The SMILES string of the molecule is COC(c1ccccc1Cl)C(C)NC(=O)N1CCC(C(=O)O)CC1. The molecule has 2 N–H and O–H groups in total. The van der Waals surface area contributed by atoms with Crippen LogP contribution >= 0.6 is 11.6 Å². The summed E-state index contributed by atoms with van der Waals surface area (Å²) in [5.74, 6) is -1.15. The minimum Gasteiger partial charge on any atom is -0.481 e. The average Bonchev–Trinajstić information content (AvgIpc) is 2.57. The lowest BCUT2D eigenvalue weighted by atomic mass is 9.97. The van der Waals surface area contributed by atoms with Crippen LogP contribution in [0, 0.1) is 5.92 Å². The van der Waals surface area contributed by atoms with Crippen LogP contribution in [-0.2, 0) is 9.53 Å². The van der Waals surface area contributed by atoms with E-state index in [9.17, 15) is 9.59 Å². The summed E-state index contributed by atoms with van der Waals surface area (Å²) in [6.45, 7) is 2.75. The summed E-state index contributed by atoms with van der Waals surface area (Å²) in [5, 5.41) is 12.5. The number of piperidine rings is 1. The lowest BCUT2D eigenvalue weighted by molar-refractivity contribution is -0.143. The van der Waals surface area contributed by atoms with Crippen molar-refractivity contribution < 1.29 is 19.4 Å². The minimum atomic E-state index is -0.790. The molecule has 0 spiro atoms. The van der Waals surface area contributed by atoms with Crippen molar-refractivity contribution >= 4 is 23.6 Å². The molecular formula is C17H23ClN2O4. The maximum atomic E-state index is 12.4. The molecule has 7 heteroatoms. The number of amides is 2. The molecule has 2 rings (SSSR count). The van der Waals surface area contributed by atoms with Crippen molar-refractivity contribution in [2.75, 3.05) is 20.2 Å². The quantitative estimate of drug-likeness (QED) is 0.852. The van der Waals surface area contributed by atoms with Gasteiger partial charge in [0.25, 0.3) is 0 Å². The van der Waals surface area contributed by atoms with Gasteiger partial charge in [-0.2, -0.15) is 0 Å². The number of urea groups is 1. The first-order chi connectivity index (χ1) is 11.4. The van der Waals surface area contributed by atoms with Crippen molar-refractivity contribution in [3.8, 4) is 0 Å². The second kappa shape index (κ2) is 8.35. The Morgan fingerprint density at radius 3 is 2.50 bits per heavy atom. The number of carboxylic acids is 1. The van der Waals surface area contributed by atoms with Crippen LogP contribution in [0.15, 0.2) is 24.3 Å². The number of halogens is 1. The van der Waals surface area contributed by atoms with Crippen LogP contribution in [-0.4, -0.2) is 48.2 Å². The number of carbonyl (C=O) groups excluding carboxylic acids is 1.